The van der Waals surface area contributed by atoms with Gasteiger partial charge in [-0.05, 0) is 29.7 Å². The highest BCUT2D eigenvalue weighted by Gasteiger charge is 2.10. The third-order valence-corrected chi connectivity index (χ3v) is 3.58. The molecule has 0 bridgehead atoms. The average molecular weight is 416 g/mol. The van der Waals surface area contributed by atoms with Gasteiger partial charge in [-0.1, -0.05) is 63.6 Å². The maximum absolute atomic E-state index is 13.9. The summed E-state index contributed by atoms with van der Waals surface area (Å²) in [5.41, 5.74) is 0.713. The summed E-state index contributed by atoms with van der Waals surface area (Å²) in [7, 11) is 1.36. The molecule has 0 fully saturated rings. The lowest BCUT2D eigenvalue weighted by Crippen LogP contribution is -1.89. The van der Waals surface area contributed by atoms with E-state index in [1.165, 1.54) is 37.5 Å². The van der Waals surface area contributed by atoms with Crippen LogP contribution in [0.25, 0.3) is 6.08 Å². The Morgan fingerprint density at radius 1 is 1.07 bits per heavy atom. The second kappa shape index (κ2) is 13.7. The molecule has 0 spiro atoms. The van der Waals surface area contributed by atoms with Crippen LogP contribution in [0.2, 0.25) is 0 Å². The van der Waals surface area contributed by atoms with Gasteiger partial charge in [-0.2, -0.15) is 4.39 Å². The normalized spacial score (nSPS) is 11.0. The molecular weight excluding hydrogens is 389 g/mol. The molecule has 0 aromatic heterocycles. The summed E-state index contributed by atoms with van der Waals surface area (Å²) in [4.78, 5) is 0. The Morgan fingerprint density at radius 2 is 1.67 bits per heavy atom. The van der Waals surface area contributed by atoms with Crippen LogP contribution in [0.4, 0.5) is 13.2 Å². The predicted molar refractivity (Wildman–Crippen MR) is 119 cm³/mol. The van der Waals surface area contributed by atoms with Crippen molar-refractivity contribution in [3.63, 3.8) is 0 Å². The Morgan fingerprint density at radius 3 is 2.20 bits per heavy atom. The maximum atomic E-state index is 13.9. The third kappa shape index (κ3) is 9.15. The van der Waals surface area contributed by atoms with Crippen molar-refractivity contribution in [1.82, 2.24) is 0 Å². The van der Waals surface area contributed by atoms with Gasteiger partial charge in [-0.15, -0.1) is 6.58 Å². The highest BCUT2D eigenvalue weighted by atomic mass is 19.2. The summed E-state index contributed by atoms with van der Waals surface area (Å²) in [6, 6.07) is 2.27. The first-order valence-electron chi connectivity index (χ1n) is 8.90. The van der Waals surface area contributed by atoms with Gasteiger partial charge in [0.15, 0.2) is 11.6 Å². The van der Waals surface area contributed by atoms with E-state index in [0.717, 1.165) is 18.6 Å². The molecule has 0 atom stereocenters. The van der Waals surface area contributed by atoms with Gasteiger partial charge in [0, 0.05) is 17.2 Å². The summed E-state index contributed by atoms with van der Waals surface area (Å²) in [6.07, 6.45) is 9.76. The van der Waals surface area contributed by atoms with Gasteiger partial charge in [0.2, 0.25) is 5.82 Å². The molecule has 1 N–H and O–H groups in total. The summed E-state index contributed by atoms with van der Waals surface area (Å²) in [6.45, 7) is 20.0. The minimum absolute atomic E-state index is 0.0443. The number of methoxy groups -OCH3 is 1. The Kier molecular flexibility index (Phi) is 12.1. The molecule has 5 heteroatoms. The van der Waals surface area contributed by atoms with E-state index >= 15 is 0 Å². The first-order chi connectivity index (χ1) is 14.1. The van der Waals surface area contributed by atoms with Gasteiger partial charge in [0.1, 0.15) is 11.6 Å². The number of phenols is 1. The number of allylic oxidation sites excluding steroid dienone is 9. The molecule has 1 rings (SSSR count). The molecule has 0 aliphatic rings. The number of hydrogen-bond donors (Lipinski definition) is 1. The maximum Gasteiger partial charge on any atom is 0.200 e. The number of phenolic OH excluding ortho intramolecular Hbond substituents is 1. The van der Waals surface area contributed by atoms with Crippen LogP contribution in [-0.2, 0) is 4.74 Å². The standard InChI is InChI=1S/C21H19F3O2.C4H8/c1-13(7-9-17-10-11-19(25)21(24)20(17)23)6-8-14(2)16(4)18(22)12-15(3)26-5;1-3-4-2/h6-12,25H,1-4H2,5H3;3H,1,4H2,2H3/b8-6-,9-7+,18-12+;. The molecule has 160 valence electrons. The van der Waals surface area contributed by atoms with Crippen molar-refractivity contribution in [3.8, 4) is 5.75 Å². The van der Waals surface area contributed by atoms with Gasteiger partial charge in [-0.25, -0.2) is 8.78 Å². The van der Waals surface area contributed by atoms with Crippen LogP contribution in [0, 0.1) is 11.6 Å². The SMILES string of the molecule is C=C(/C=C\C(=C)C(=C)/C(F)=C\C(=C)OC)/C=C/c1ccc(O)c(F)c1F.C=CCC. The summed E-state index contributed by atoms with van der Waals surface area (Å²) >= 11 is 0. The number of ether oxygens (including phenoxy) is 1. The first-order valence-corrected chi connectivity index (χ1v) is 8.90. The average Bonchev–Trinajstić information content (AvgIpc) is 2.74. The zero-order valence-electron chi connectivity index (χ0n) is 17.4. The van der Waals surface area contributed by atoms with E-state index in [9.17, 15) is 13.2 Å². The molecule has 2 nitrogen and oxygen atoms in total. The first kappa shape index (κ1) is 26.5. The lowest BCUT2D eigenvalue weighted by atomic mass is 10.1. The van der Waals surface area contributed by atoms with E-state index in [1.54, 1.807) is 0 Å². The molecule has 30 heavy (non-hydrogen) atoms. The highest BCUT2D eigenvalue weighted by molar-refractivity contribution is 5.57. The summed E-state index contributed by atoms with van der Waals surface area (Å²) in [5.74, 6) is -3.76. The van der Waals surface area contributed by atoms with E-state index in [-0.39, 0.29) is 16.9 Å². The Balaban J connectivity index is 0.00000192. The van der Waals surface area contributed by atoms with E-state index in [1.807, 2.05) is 6.08 Å². The fourth-order valence-corrected chi connectivity index (χ4v) is 1.68. The molecule has 0 saturated heterocycles. The van der Waals surface area contributed by atoms with E-state index in [2.05, 4.69) is 39.8 Å². The lowest BCUT2D eigenvalue weighted by Gasteiger charge is -2.04. The Labute approximate surface area is 176 Å². The van der Waals surface area contributed by atoms with Crippen molar-refractivity contribution in [2.75, 3.05) is 7.11 Å². The minimum atomic E-state index is -1.32. The molecule has 1 aromatic carbocycles. The quantitative estimate of drug-likeness (QED) is 0.256. The van der Waals surface area contributed by atoms with Crippen LogP contribution in [0.5, 0.6) is 5.75 Å². The zero-order valence-corrected chi connectivity index (χ0v) is 17.4. The molecule has 0 unspecified atom stereocenters. The van der Waals surface area contributed by atoms with Crippen molar-refractivity contribution in [2.24, 2.45) is 0 Å². The second-order valence-electron chi connectivity index (χ2n) is 5.91. The van der Waals surface area contributed by atoms with Gasteiger partial charge in [-0.3, -0.25) is 0 Å². The van der Waals surface area contributed by atoms with E-state index in [4.69, 9.17) is 9.84 Å². The van der Waals surface area contributed by atoms with Crippen molar-refractivity contribution in [3.05, 3.63) is 121 Å². The largest absolute Gasteiger partial charge is 0.505 e. The van der Waals surface area contributed by atoms with Crippen LogP contribution in [0.1, 0.15) is 18.9 Å². The molecular formula is C25H27F3O2. The summed E-state index contributed by atoms with van der Waals surface area (Å²) < 4.78 is 45.5. The topological polar surface area (TPSA) is 29.5 Å². The number of rotatable bonds is 9. The smallest absolute Gasteiger partial charge is 0.200 e. The molecule has 0 radical (unpaired) electrons. The fraction of sp³-hybridized carbons (Fsp3) is 0.120. The number of halogens is 3. The monoisotopic (exact) mass is 416 g/mol. The Hall–Kier alpha value is -3.47. The van der Waals surface area contributed by atoms with Gasteiger partial charge >= 0.3 is 0 Å². The van der Waals surface area contributed by atoms with Crippen LogP contribution >= 0.6 is 0 Å². The molecule has 0 amide bonds. The fourth-order valence-electron chi connectivity index (χ4n) is 1.68. The Bertz CT molecular complexity index is 903. The molecule has 0 aliphatic heterocycles. The van der Waals surface area contributed by atoms with Crippen molar-refractivity contribution >= 4 is 6.08 Å². The van der Waals surface area contributed by atoms with Crippen LogP contribution < -0.4 is 0 Å². The molecule has 1 aromatic rings. The number of benzene rings is 1. The van der Waals surface area contributed by atoms with Crippen molar-refractivity contribution in [1.29, 1.82) is 0 Å². The van der Waals surface area contributed by atoms with Crippen molar-refractivity contribution < 1.29 is 23.0 Å². The van der Waals surface area contributed by atoms with Gasteiger partial charge in [0.05, 0.1) is 7.11 Å². The van der Waals surface area contributed by atoms with Gasteiger partial charge in [0.25, 0.3) is 0 Å². The molecule has 0 aliphatic carbocycles. The second-order valence-corrected chi connectivity index (χ2v) is 5.91. The van der Waals surface area contributed by atoms with E-state index < -0.39 is 23.2 Å². The lowest BCUT2D eigenvalue weighted by molar-refractivity contribution is 0.307. The third-order valence-electron chi connectivity index (χ3n) is 3.58. The zero-order chi connectivity index (χ0) is 23.3. The molecule has 0 saturated carbocycles. The summed E-state index contributed by atoms with van der Waals surface area (Å²) in [5, 5.41) is 9.08. The van der Waals surface area contributed by atoms with Crippen LogP contribution in [-0.4, -0.2) is 12.2 Å². The molecule has 0 heterocycles. The van der Waals surface area contributed by atoms with Crippen LogP contribution in [0.3, 0.4) is 0 Å². The number of aromatic hydroxyl groups is 1. The van der Waals surface area contributed by atoms with Crippen molar-refractivity contribution in [2.45, 2.75) is 13.3 Å². The van der Waals surface area contributed by atoms with Gasteiger partial charge < -0.3 is 9.84 Å². The van der Waals surface area contributed by atoms with E-state index in [0.29, 0.717) is 11.1 Å². The highest BCUT2D eigenvalue weighted by Crippen LogP contribution is 2.23. The predicted octanol–water partition coefficient (Wildman–Crippen LogP) is 7.50. The van der Waals surface area contributed by atoms with Crippen LogP contribution in [0.15, 0.2) is 104 Å². The minimum Gasteiger partial charge on any atom is -0.505 e. The number of hydrogen-bond acceptors (Lipinski definition) is 2.